The van der Waals surface area contributed by atoms with E-state index in [9.17, 15) is 39.9 Å². The van der Waals surface area contributed by atoms with Crippen LogP contribution < -0.4 is 5.32 Å². The molecule has 0 saturated carbocycles. The third-order valence-electron chi connectivity index (χ3n) is 5.69. The summed E-state index contributed by atoms with van der Waals surface area (Å²) in [5, 5.41) is 12.7. The molecule has 3 aromatic rings. The zero-order chi connectivity index (χ0) is 28.0. The van der Waals surface area contributed by atoms with Crippen molar-refractivity contribution in [1.82, 2.24) is 30.1 Å². The van der Waals surface area contributed by atoms with Crippen molar-refractivity contribution in [2.45, 2.75) is 37.2 Å². The number of hydrogen-bond acceptors (Lipinski definition) is 5. The molecule has 1 unspecified atom stereocenters. The molecule has 4 rings (SSSR count). The average Bonchev–Trinajstić information content (AvgIpc) is 3.56. The Morgan fingerprint density at radius 3 is 2.50 bits per heavy atom. The number of aromatic nitrogens is 5. The van der Waals surface area contributed by atoms with Gasteiger partial charge < -0.3 is 10.1 Å². The molecule has 1 atom stereocenters. The van der Waals surface area contributed by atoms with E-state index in [0.717, 1.165) is 26.1 Å². The number of nitrogens with zero attached hydrogens (tertiary/aromatic N) is 5. The summed E-state index contributed by atoms with van der Waals surface area (Å²) in [7, 11) is 0.751. The second-order valence-electron chi connectivity index (χ2n) is 8.33. The van der Waals surface area contributed by atoms with Gasteiger partial charge in [0.25, 0.3) is 5.91 Å². The van der Waals surface area contributed by atoms with Gasteiger partial charge in [0.15, 0.2) is 11.5 Å². The predicted octanol–water partition coefficient (Wildman–Crippen LogP) is 4.90. The Bertz CT molecular complexity index is 1340. The van der Waals surface area contributed by atoms with Crippen molar-refractivity contribution in [3.63, 3.8) is 0 Å². The van der Waals surface area contributed by atoms with Gasteiger partial charge in [0, 0.05) is 25.8 Å². The maximum absolute atomic E-state index is 13.9. The van der Waals surface area contributed by atoms with Crippen LogP contribution >= 0.6 is 11.6 Å². The van der Waals surface area contributed by atoms with E-state index in [1.807, 2.05) is 0 Å². The average molecular weight is 573 g/mol. The monoisotopic (exact) mass is 572 g/mol. The van der Waals surface area contributed by atoms with Crippen LogP contribution in [0.2, 0.25) is 5.02 Å². The van der Waals surface area contributed by atoms with Crippen LogP contribution in [0.1, 0.15) is 34.5 Å². The number of nitrogens with one attached hydrogen (secondary N) is 1. The van der Waals surface area contributed by atoms with Crippen LogP contribution in [-0.4, -0.2) is 56.1 Å². The molecule has 1 aliphatic heterocycles. The molecular weight excluding hydrogens is 556 g/mol. The number of alkyl halides is 8. The van der Waals surface area contributed by atoms with Crippen LogP contribution in [0.5, 0.6) is 0 Å². The second-order valence-corrected chi connectivity index (χ2v) is 8.74. The van der Waals surface area contributed by atoms with E-state index in [0.29, 0.717) is 11.3 Å². The summed E-state index contributed by atoms with van der Waals surface area (Å²) in [6.45, 7) is 0.801. The summed E-state index contributed by atoms with van der Waals surface area (Å²) in [5.74, 6) is -7.69. The zero-order valence-electron chi connectivity index (χ0n) is 19.2. The first kappa shape index (κ1) is 27.8. The Balaban J connectivity index is 1.70. The summed E-state index contributed by atoms with van der Waals surface area (Å²) in [6, 6.07) is 3.97. The molecule has 0 aliphatic carbocycles. The number of rotatable bonds is 6. The molecular formula is C21H17ClF8N6O2. The summed E-state index contributed by atoms with van der Waals surface area (Å²) in [6.07, 6.45) is -9.67. The minimum absolute atomic E-state index is 0.000308. The highest BCUT2D eigenvalue weighted by atomic mass is 35.5. The minimum Gasteiger partial charge on any atom is -0.376 e. The number of amides is 1. The van der Waals surface area contributed by atoms with Crippen molar-refractivity contribution in [3.8, 4) is 17.1 Å². The highest BCUT2D eigenvalue weighted by molar-refractivity contribution is 6.34. The first-order valence-electron chi connectivity index (χ1n) is 10.8. The number of carbonyl (C=O) groups is 1. The normalized spacial score (nSPS) is 16.7. The van der Waals surface area contributed by atoms with Crippen molar-refractivity contribution >= 4 is 17.5 Å². The molecule has 1 saturated heterocycles. The summed E-state index contributed by atoms with van der Waals surface area (Å²) >= 11 is 6.12. The summed E-state index contributed by atoms with van der Waals surface area (Å²) < 4.78 is 114. The van der Waals surface area contributed by atoms with Crippen molar-refractivity contribution < 1.29 is 44.7 Å². The third kappa shape index (κ3) is 5.18. The van der Waals surface area contributed by atoms with E-state index in [4.69, 9.17) is 16.3 Å². The van der Waals surface area contributed by atoms with Crippen LogP contribution in [0.15, 0.2) is 24.4 Å². The highest BCUT2D eigenvalue weighted by Crippen LogP contribution is 2.49. The van der Waals surface area contributed by atoms with Crippen molar-refractivity contribution in [2.24, 2.45) is 7.05 Å². The van der Waals surface area contributed by atoms with E-state index in [1.165, 1.54) is 18.2 Å². The lowest BCUT2D eigenvalue weighted by Gasteiger charge is -2.19. The molecule has 2 aromatic heterocycles. The van der Waals surface area contributed by atoms with Gasteiger partial charge in [0.2, 0.25) is 0 Å². The van der Waals surface area contributed by atoms with E-state index >= 15 is 0 Å². The standard InChI is InChI=1S/C21H17ClF8N6O2/c1-35-18(15(20(25,26)27)16(33-35)19(23,24)21(28,29)30)36-9-14(32-34-36)10-4-5-13(22)12(7-10)17(37)31-8-11-3-2-6-38-11/h4-5,7,9,11H,2-3,6,8H2,1H3,(H,31,37). The lowest BCUT2D eigenvalue weighted by atomic mass is 10.1. The van der Waals surface area contributed by atoms with Gasteiger partial charge in [-0.15, -0.1) is 5.10 Å². The molecule has 1 fully saturated rings. The smallest absolute Gasteiger partial charge is 0.376 e. The fourth-order valence-electron chi connectivity index (χ4n) is 3.86. The number of benzene rings is 1. The Labute approximate surface area is 213 Å². The van der Waals surface area contributed by atoms with Crippen LogP contribution in [0.4, 0.5) is 35.1 Å². The molecule has 1 aromatic carbocycles. The van der Waals surface area contributed by atoms with E-state index < -0.39 is 41.3 Å². The van der Waals surface area contributed by atoms with Crippen LogP contribution in [0, 0.1) is 0 Å². The molecule has 206 valence electrons. The maximum atomic E-state index is 13.9. The van der Waals surface area contributed by atoms with E-state index in [2.05, 4.69) is 20.7 Å². The fraction of sp³-hybridized carbons (Fsp3) is 0.429. The van der Waals surface area contributed by atoms with Gasteiger partial charge in [0.05, 0.1) is 22.9 Å². The van der Waals surface area contributed by atoms with Gasteiger partial charge in [-0.2, -0.15) is 40.2 Å². The highest BCUT2D eigenvalue weighted by Gasteiger charge is 2.64. The number of halogens is 9. The largest absolute Gasteiger partial charge is 0.459 e. The molecule has 8 nitrogen and oxygen atoms in total. The van der Waals surface area contributed by atoms with E-state index in [1.54, 1.807) is 0 Å². The SMILES string of the molecule is Cn1nc(C(F)(F)C(F)(F)F)c(C(F)(F)F)c1-n1cc(-c2ccc(Cl)c(C(=O)NCC3CCCO3)c2)nn1. The van der Waals surface area contributed by atoms with Crippen molar-refractivity contribution in [1.29, 1.82) is 0 Å². The van der Waals surface area contributed by atoms with Crippen LogP contribution in [-0.2, 0) is 23.9 Å². The molecule has 17 heteroatoms. The first-order chi connectivity index (χ1) is 17.6. The number of carbonyl (C=O) groups excluding carboxylic acids is 1. The Hall–Kier alpha value is -3.27. The first-order valence-corrected chi connectivity index (χ1v) is 11.2. The lowest BCUT2D eigenvalue weighted by molar-refractivity contribution is -0.292. The van der Waals surface area contributed by atoms with Gasteiger partial charge in [-0.1, -0.05) is 22.9 Å². The summed E-state index contributed by atoms with van der Waals surface area (Å²) in [5.41, 5.74) is -4.83. The predicted molar refractivity (Wildman–Crippen MR) is 115 cm³/mol. The lowest BCUT2D eigenvalue weighted by Crippen LogP contribution is -2.36. The number of hydrogen-bond donors (Lipinski definition) is 1. The van der Waals surface area contributed by atoms with Crippen LogP contribution in [0.25, 0.3) is 17.1 Å². The van der Waals surface area contributed by atoms with Gasteiger partial charge >= 0.3 is 18.3 Å². The van der Waals surface area contributed by atoms with Gasteiger partial charge in [-0.25, -0.2) is 9.36 Å². The number of aryl methyl sites for hydroxylation is 1. The van der Waals surface area contributed by atoms with Gasteiger partial charge in [0.1, 0.15) is 11.3 Å². The summed E-state index contributed by atoms with van der Waals surface area (Å²) in [4.78, 5) is 12.6. The Morgan fingerprint density at radius 2 is 1.89 bits per heavy atom. The molecule has 0 bridgehead atoms. The Kier molecular flexibility index (Phi) is 7.16. The topological polar surface area (TPSA) is 86.9 Å². The molecule has 1 aliphatic rings. The van der Waals surface area contributed by atoms with Gasteiger partial charge in [-0.3, -0.25) is 4.79 Å². The molecule has 0 radical (unpaired) electrons. The van der Waals surface area contributed by atoms with E-state index in [-0.39, 0.29) is 39.2 Å². The molecule has 1 amide bonds. The fourth-order valence-corrected chi connectivity index (χ4v) is 4.06. The Morgan fingerprint density at radius 1 is 1.18 bits per heavy atom. The number of ether oxygens (including phenoxy) is 1. The van der Waals surface area contributed by atoms with Gasteiger partial charge in [-0.05, 0) is 25.0 Å². The zero-order valence-corrected chi connectivity index (χ0v) is 19.9. The maximum Gasteiger partial charge on any atom is 0.459 e. The van der Waals surface area contributed by atoms with Crippen molar-refractivity contribution in [3.05, 3.63) is 46.2 Å². The molecule has 38 heavy (non-hydrogen) atoms. The third-order valence-corrected chi connectivity index (χ3v) is 6.01. The quantitative estimate of drug-likeness (QED) is 0.425. The van der Waals surface area contributed by atoms with Crippen molar-refractivity contribution in [2.75, 3.05) is 13.2 Å². The minimum atomic E-state index is -6.34. The van der Waals surface area contributed by atoms with Crippen LogP contribution in [0.3, 0.4) is 0 Å². The molecule has 3 heterocycles. The second kappa shape index (κ2) is 9.80. The molecule has 1 N–H and O–H groups in total. The molecule has 0 spiro atoms.